The first-order chi connectivity index (χ1) is 13.0. The number of carbonyl (C=O) groups excluding carboxylic acids is 1. The van der Waals surface area contributed by atoms with Gasteiger partial charge in [0.05, 0.1) is 10.8 Å². The van der Waals surface area contributed by atoms with Crippen LogP contribution in [0.4, 0.5) is 4.39 Å². The zero-order valence-corrected chi connectivity index (χ0v) is 16.4. The zero-order valence-electron chi connectivity index (χ0n) is 14.8. The summed E-state index contributed by atoms with van der Waals surface area (Å²) >= 11 is 7.36. The minimum absolute atomic E-state index is 0.143. The molecule has 0 aliphatic carbocycles. The summed E-state index contributed by atoms with van der Waals surface area (Å²) < 4.78 is 15.7. The Balaban J connectivity index is 1.66. The molecule has 0 aliphatic heterocycles. The molecule has 0 spiro atoms. The average Bonchev–Trinajstić information content (AvgIpc) is 3.01. The number of hydrogen-bond donors (Lipinski definition) is 1. The largest absolute Gasteiger partial charge is 0.351 e. The normalized spacial score (nSPS) is 12.0. The van der Waals surface area contributed by atoms with Crippen molar-refractivity contribution in [2.45, 2.75) is 23.9 Å². The highest BCUT2D eigenvalue weighted by Crippen LogP contribution is 2.27. The van der Waals surface area contributed by atoms with E-state index >= 15 is 0 Å². The molecule has 0 radical (unpaired) electrons. The van der Waals surface area contributed by atoms with Crippen molar-refractivity contribution in [3.63, 3.8) is 0 Å². The van der Waals surface area contributed by atoms with Crippen LogP contribution >= 0.6 is 23.4 Å². The van der Waals surface area contributed by atoms with Crippen LogP contribution in [0.3, 0.4) is 0 Å². The van der Waals surface area contributed by atoms with E-state index in [9.17, 15) is 9.18 Å². The molecule has 1 N–H and O–H groups in total. The highest BCUT2D eigenvalue weighted by Gasteiger charge is 2.20. The van der Waals surface area contributed by atoms with Gasteiger partial charge in [-0.2, -0.15) is 0 Å². The third-order valence-corrected chi connectivity index (χ3v) is 5.51. The van der Waals surface area contributed by atoms with Crippen LogP contribution < -0.4 is 5.32 Å². The van der Waals surface area contributed by atoms with Gasteiger partial charge in [-0.1, -0.05) is 53.7 Å². The van der Waals surface area contributed by atoms with E-state index < -0.39 is 5.25 Å². The van der Waals surface area contributed by atoms with Crippen molar-refractivity contribution in [3.05, 3.63) is 64.9 Å². The number of rotatable bonds is 6. The number of halogens is 2. The fourth-order valence-corrected chi connectivity index (χ4v) is 3.52. The molecule has 0 bridgehead atoms. The molecule has 0 fully saturated rings. The summed E-state index contributed by atoms with van der Waals surface area (Å²) in [4.78, 5) is 12.4. The van der Waals surface area contributed by atoms with E-state index in [0.717, 1.165) is 5.56 Å². The van der Waals surface area contributed by atoms with E-state index in [1.54, 1.807) is 42.8 Å². The number of nitrogens with one attached hydrogen (secondary N) is 1. The van der Waals surface area contributed by atoms with Crippen LogP contribution in [-0.4, -0.2) is 25.9 Å². The van der Waals surface area contributed by atoms with Crippen LogP contribution in [0.1, 0.15) is 12.5 Å². The first-order valence-electron chi connectivity index (χ1n) is 8.29. The lowest BCUT2D eigenvalue weighted by atomic mass is 10.2. The van der Waals surface area contributed by atoms with E-state index in [2.05, 4.69) is 15.5 Å². The van der Waals surface area contributed by atoms with Gasteiger partial charge in [0.1, 0.15) is 5.82 Å². The second-order valence-electron chi connectivity index (χ2n) is 5.91. The van der Waals surface area contributed by atoms with Gasteiger partial charge in [-0.3, -0.25) is 4.79 Å². The summed E-state index contributed by atoms with van der Waals surface area (Å²) in [6.07, 6.45) is 0. The van der Waals surface area contributed by atoms with Crippen molar-refractivity contribution < 1.29 is 9.18 Å². The van der Waals surface area contributed by atoms with Gasteiger partial charge < -0.3 is 9.88 Å². The van der Waals surface area contributed by atoms with Gasteiger partial charge in [0, 0.05) is 18.6 Å². The van der Waals surface area contributed by atoms with Crippen LogP contribution in [0.2, 0.25) is 5.02 Å². The Hall–Kier alpha value is -2.38. The van der Waals surface area contributed by atoms with Gasteiger partial charge in [0.15, 0.2) is 11.0 Å². The van der Waals surface area contributed by atoms with Crippen LogP contribution in [-0.2, 0) is 18.4 Å². The molecule has 1 atom stereocenters. The number of carbonyl (C=O) groups is 1. The molecule has 3 aromatic rings. The standard InChI is InChI=1S/C19H18ClFN4OS/c1-12(18(26)22-11-13-7-3-5-9-15(13)20)27-19-24-23-17(25(19)2)14-8-4-6-10-16(14)21/h3-10,12H,11H2,1-2H3,(H,22,26)/t12-/m0/s1. The number of benzene rings is 2. The maximum absolute atomic E-state index is 14.0. The van der Waals surface area contributed by atoms with Gasteiger partial charge in [0.2, 0.25) is 5.91 Å². The van der Waals surface area contributed by atoms with Crippen molar-refractivity contribution in [2.75, 3.05) is 0 Å². The van der Waals surface area contributed by atoms with E-state index in [0.29, 0.717) is 28.1 Å². The Kier molecular flexibility index (Phi) is 6.13. The molecular formula is C19H18ClFN4OS. The Morgan fingerprint density at radius 3 is 2.67 bits per heavy atom. The van der Waals surface area contributed by atoms with Crippen LogP contribution in [0.15, 0.2) is 53.7 Å². The fraction of sp³-hybridized carbons (Fsp3) is 0.211. The first kappa shape index (κ1) is 19.4. The molecule has 2 aromatic carbocycles. The molecule has 1 amide bonds. The lowest BCUT2D eigenvalue weighted by Crippen LogP contribution is -2.30. The van der Waals surface area contributed by atoms with Crippen LogP contribution in [0.5, 0.6) is 0 Å². The zero-order chi connectivity index (χ0) is 19.4. The Labute approximate surface area is 166 Å². The molecule has 140 valence electrons. The average molecular weight is 405 g/mol. The first-order valence-corrected chi connectivity index (χ1v) is 9.55. The monoisotopic (exact) mass is 404 g/mol. The number of hydrogen-bond acceptors (Lipinski definition) is 4. The Morgan fingerprint density at radius 2 is 1.93 bits per heavy atom. The van der Waals surface area contributed by atoms with Gasteiger partial charge in [0.25, 0.3) is 0 Å². The number of nitrogens with zero attached hydrogens (tertiary/aromatic N) is 3. The summed E-state index contributed by atoms with van der Waals surface area (Å²) in [6, 6.07) is 13.7. The molecule has 0 unspecified atom stereocenters. The molecule has 27 heavy (non-hydrogen) atoms. The summed E-state index contributed by atoms with van der Waals surface area (Å²) in [6.45, 7) is 2.13. The molecule has 0 saturated carbocycles. The predicted octanol–water partition coefficient (Wildman–Crippen LogP) is 4.07. The SMILES string of the molecule is C[C@H](Sc1nnc(-c2ccccc2F)n1C)C(=O)NCc1ccccc1Cl. The van der Waals surface area contributed by atoms with Crippen molar-refractivity contribution in [3.8, 4) is 11.4 Å². The second kappa shape index (κ2) is 8.54. The number of aromatic nitrogens is 3. The summed E-state index contributed by atoms with van der Waals surface area (Å²) in [7, 11) is 1.75. The lowest BCUT2D eigenvalue weighted by molar-refractivity contribution is -0.120. The Morgan fingerprint density at radius 1 is 1.22 bits per heavy atom. The van der Waals surface area contributed by atoms with E-state index in [1.807, 2.05) is 18.2 Å². The fourth-order valence-electron chi connectivity index (χ4n) is 2.47. The summed E-state index contributed by atoms with van der Waals surface area (Å²) in [5.41, 5.74) is 1.22. The third-order valence-electron chi connectivity index (χ3n) is 4.01. The molecule has 3 rings (SSSR count). The quantitative estimate of drug-likeness (QED) is 0.629. The lowest BCUT2D eigenvalue weighted by Gasteiger charge is -2.12. The van der Waals surface area contributed by atoms with E-state index in [1.165, 1.54) is 17.8 Å². The molecule has 5 nitrogen and oxygen atoms in total. The molecule has 8 heteroatoms. The Bertz CT molecular complexity index is 962. The summed E-state index contributed by atoms with van der Waals surface area (Å²) in [5, 5.41) is 11.8. The van der Waals surface area contributed by atoms with Crippen molar-refractivity contribution in [1.29, 1.82) is 0 Å². The number of amides is 1. The molecule has 0 aliphatic rings. The second-order valence-corrected chi connectivity index (χ2v) is 7.63. The highest BCUT2D eigenvalue weighted by molar-refractivity contribution is 8.00. The smallest absolute Gasteiger partial charge is 0.233 e. The molecule has 1 heterocycles. The summed E-state index contributed by atoms with van der Waals surface area (Å²) in [5.74, 6) is -0.0929. The van der Waals surface area contributed by atoms with Crippen molar-refractivity contribution in [1.82, 2.24) is 20.1 Å². The van der Waals surface area contributed by atoms with E-state index in [4.69, 9.17) is 11.6 Å². The van der Waals surface area contributed by atoms with Crippen molar-refractivity contribution >= 4 is 29.3 Å². The van der Waals surface area contributed by atoms with Crippen LogP contribution in [0, 0.1) is 5.82 Å². The van der Waals surface area contributed by atoms with Gasteiger partial charge in [-0.05, 0) is 30.7 Å². The van der Waals surface area contributed by atoms with Gasteiger partial charge >= 0.3 is 0 Å². The minimum Gasteiger partial charge on any atom is -0.351 e. The minimum atomic E-state index is -0.399. The molecular weight excluding hydrogens is 387 g/mol. The molecule has 0 saturated heterocycles. The highest BCUT2D eigenvalue weighted by atomic mass is 35.5. The third kappa shape index (κ3) is 4.48. The number of thioether (sulfide) groups is 1. The predicted molar refractivity (Wildman–Crippen MR) is 105 cm³/mol. The molecule has 1 aromatic heterocycles. The van der Waals surface area contributed by atoms with Gasteiger partial charge in [-0.25, -0.2) is 4.39 Å². The maximum atomic E-state index is 14.0. The maximum Gasteiger partial charge on any atom is 0.233 e. The topological polar surface area (TPSA) is 59.8 Å². The van der Waals surface area contributed by atoms with Crippen molar-refractivity contribution in [2.24, 2.45) is 7.05 Å². The van der Waals surface area contributed by atoms with E-state index in [-0.39, 0.29) is 11.7 Å². The van der Waals surface area contributed by atoms with Crippen LogP contribution in [0.25, 0.3) is 11.4 Å². The van der Waals surface area contributed by atoms with Gasteiger partial charge in [-0.15, -0.1) is 10.2 Å².